The zero-order chi connectivity index (χ0) is 25.9. The van der Waals surface area contributed by atoms with Gasteiger partial charge in [0.05, 0.1) is 5.69 Å². The van der Waals surface area contributed by atoms with Gasteiger partial charge in [0.2, 0.25) is 5.95 Å². The molecule has 1 fully saturated rings. The van der Waals surface area contributed by atoms with Gasteiger partial charge in [-0.25, -0.2) is 19.9 Å². The van der Waals surface area contributed by atoms with Crippen molar-refractivity contribution in [3.8, 4) is 16.5 Å². The fraction of sp³-hybridized carbons (Fsp3) is 0.333. The number of nitrogens with zero attached hydrogens (tertiary/aromatic N) is 5. The number of hydrogen-bond acceptors (Lipinski definition) is 9. The van der Waals surface area contributed by atoms with E-state index >= 15 is 0 Å². The Morgan fingerprint density at radius 3 is 2.51 bits per heavy atom. The first-order valence-electron chi connectivity index (χ1n) is 12.2. The Bertz CT molecular complexity index is 1410. The zero-order valence-corrected chi connectivity index (χ0v) is 22.4. The van der Waals surface area contributed by atoms with Crippen molar-refractivity contribution in [2.24, 2.45) is 5.92 Å². The van der Waals surface area contributed by atoms with Gasteiger partial charge in [0.15, 0.2) is 0 Å². The van der Waals surface area contributed by atoms with E-state index in [0.29, 0.717) is 11.1 Å². The van der Waals surface area contributed by atoms with E-state index in [1.54, 1.807) is 0 Å². The maximum absolute atomic E-state index is 10.9. The van der Waals surface area contributed by atoms with Crippen LogP contribution in [0.5, 0.6) is 5.19 Å². The van der Waals surface area contributed by atoms with Gasteiger partial charge in [-0.3, -0.25) is 4.21 Å². The lowest BCUT2D eigenvalue weighted by Gasteiger charge is -2.34. The van der Waals surface area contributed by atoms with Crippen LogP contribution in [0.15, 0.2) is 55.4 Å². The molecule has 0 radical (unpaired) electrons. The van der Waals surface area contributed by atoms with Gasteiger partial charge in [-0.1, -0.05) is 53.3 Å². The number of benzene rings is 1. The molecule has 0 spiro atoms. The molecule has 0 amide bonds. The molecule has 192 valence electrons. The Morgan fingerprint density at radius 1 is 1.16 bits per heavy atom. The van der Waals surface area contributed by atoms with Gasteiger partial charge in [0.1, 0.15) is 16.5 Å². The van der Waals surface area contributed by atoms with Crippen molar-refractivity contribution in [2.75, 3.05) is 18.0 Å². The Morgan fingerprint density at radius 2 is 1.86 bits per heavy atom. The minimum absolute atomic E-state index is 0.00975. The molecule has 1 aliphatic heterocycles. The maximum atomic E-state index is 10.9. The van der Waals surface area contributed by atoms with Crippen LogP contribution >= 0.6 is 11.3 Å². The Hall–Kier alpha value is -3.21. The van der Waals surface area contributed by atoms with Crippen LogP contribution in [-0.4, -0.2) is 47.9 Å². The van der Waals surface area contributed by atoms with Gasteiger partial charge in [0, 0.05) is 42.4 Å². The van der Waals surface area contributed by atoms with E-state index in [0.717, 1.165) is 70.2 Å². The lowest BCUT2D eigenvalue weighted by Crippen LogP contribution is -2.39. The number of anilines is 1. The highest BCUT2D eigenvalue weighted by molar-refractivity contribution is 7.78. The minimum Gasteiger partial charge on any atom is -0.772 e. The largest absolute Gasteiger partial charge is 0.772 e. The first-order chi connectivity index (χ1) is 17.9. The summed E-state index contributed by atoms with van der Waals surface area (Å²) in [5, 5.41) is 0.626. The Labute approximate surface area is 222 Å². The van der Waals surface area contributed by atoms with Crippen molar-refractivity contribution >= 4 is 44.3 Å². The number of allylic oxidation sites excluding steroid dienone is 1. The second-order valence-corrected chi connectivity index (χ2v) is 11.2. The van der Waals surface area contributed by atoms with Crippen molar-refractivity contribution in [1.82, 2.24) is 19.9 Å². The van der Waals surface area contributed by atoms with E-state index in [-0.39, 0.29) is 11.9 Å². The number of rotatable bonds is 8. The molecule has 0 aliphatic carbocycles. The quantitative estimate of drug-likeness (QED) is 0.283. The van der Waals surface area contributed by atoms with Crippen molar-refractivity contribution in [2.45, 2.75) is 38.5 Å². The topological polar surface area (TPSA) is 104 Å². The molecular formula is C27H28N5O3S2-. The van der Waals surface area contributed by atoms with Crippen molar-refractivity contribution < 1.29 is 13.5 Å². The third-order valence-electron chi connectivity index (χ3n) is 6.67. The average Bonchev–Trinajstić information content (AvgIpc) is 3.30. The summed E-state index contributed by atoms with van der Waals surface area (Å²) >= 11 is -0.653. The van der Waals surface area contributed by atoms with Crippen LogP contribution in [0.1, 0.15) is 37.8 Å². The van der Waals surface area contributed by atoms with Crippen molar-refractivity contribution in [3.05, 3.63) is 66.5 Å². The Kier molecular flexibility index (Phi) is 7.59. The predicted octanol–water partition coefficient (Wildman–Crippen LogP) is 5.24. The molecule has 10 heteroatoms. The number of thiazole rings is 1. The van der Waals surface area contributed by atoms with Gasteiger partial charge in [-0.05, 0) is 55.9 Å². The van der Waals surface area contributed by atoms with Gasteiger partial charge in [-0.15, -0.1) is 0 Å². The number of pyridine rings is 1. The molecule has 2 atom stereocenters. The summed E-state index contributed by atoms with van der Waals surface area (Å²) in [5.41, 5.74) is 5.22. The lowest BCUT2D eigenvalue weighted by atomic mass is 9.92. The number of aromatic nitrogens is 4. The normalized spacial score (nSPS) is 16.0. The molecule has 3 aromatic heterocycles. The molecule has 0 bridgehead atoms. The lowest BCUT2D eigenvalue weighted by molar-refractivity contribution is 0.132. The summed E-state index contributed by atoms with van der Waals surface area (Å²) in [7, 11) is 0. The summed E-state index contributed by atoms with van der Waals surface area (Å²) in [6.45, 7) is 9.78. The fourth-order valence-corrected chi connectivity index (χ4v) is 5.78. The average molecular weight is 535 g/mol. The highest BCUT2D eigenvalue weighted by Crippen LogP contribution is 2.32. The monoisotopic (exact) mass is 534 g/mol. The summed E-state index contributed by atoms with van der Waals surface area (Å²) in [4.78, 5) is 21.5. The van der Waals surface area contributed by atoms with Crippen LogP contribution < -0.4 is 9.64 Å². The molecule has 2 unspecified atom stereocenters. The molecule has 1 aromatic carbocycles. The van der Waals surface area contributed by atoms with Crippen LogP contribution in [0.4, 0.5) is 5.95 Å². The van der Waals surface area contributed by atoms with Gasteiger partial charge < -0.3 is 14.2 Å². The van der Waals surface area contributed by atoms with E-state index in [2.05, 4.69) is 33.4 Å². The molecule has 0 N–H and O–H groups in total. The van der Waals surface area contributed by atoms with E-state index < -0.39 is 11.1 Å². The number of fused-ring (bicyclic) bond motifs is 1. The van der Waals surface area contributed by atoms with E-state index in [9.17, 15) is 8.76 Å². The van der Waals surface area contributed by atoms with Gasteiger partial charge in [0.25, 0.3) is 5.19 Å². The Balaban J connectivity index is 1.20. The summed E-state index contributed by atoms with van der Waals surface area (Å²) < 4.78 is 28.1. The van der Waals surface area contributed by atoms with E-state index in [4.69, 9.17) is 9.72 Å². The molecule has 0 saturated carbocycles. The second kappa shape index (κ2) is 11.0. The molecule has 4 heterocycles. The first kappa shape index (κ1) is 25.4. The molecule has 5 rings (SSSR count). The number of ether oxygens (including phenoxy) is 1. The molecule has 1 saturated heterocycles. The highest BCUT2D eigenvalue weighted by Gasteiger charge is 2.27. The van der Waals surface area contributed by atoms with Crippen LogP contribution in [0.25, 0.3) is 27.2 Å². The van der Waals surface area contributed by atoms with Crippen LogP contribution in [0.2, 0.25) is 0 Å². The smallest absolute Gasteiger partial charge is 0.276 e. The third-order valence-corrected chi connectivity index (χ3v) is 8.10. The summed E-state index contributed by atoms with van der Waals surface area (Å²) in [5.74, 6) is 1.19. The molecule has 37 heavy (non-hydrogen) atoms. The SMILES string of the molecule is C=C(C)c1cnc(N2CCC(C(C)Oc3nc4ccc(-c5ccc(CS(=O)[O-])cc5)nc4s3)CC2)nc1. The first-order valence-corrected chi connectivity index (χ1v) is 14.2. The van der Waals surface area contributed by atoms with Crippen molar-refractivity contribution in [1.29, 1.82) is 0 Å². The second-order valence-electron chi connectivity index (χ2n) is 9.35. The van der Waals surface area contributed by atoms with Crippen LogP contribution in [-0.2, 0) is 16.8 Å². The summed E-state index contributed by atoms with van der Waals surface area (Å²) in [6.07, 6.45) is 5.70. The predicted molar refractivity (Wildman–Crippen MR) is 147 cm³/mol. The molecular weight excluding hydrogens is 506 g/mol. The maximum Gasteiger partial charge on any atom is 0.276 e. The third kappa shape index (κ3) is 6.03. The van der Waals surface area contributed by atoms with Crippen LogP contribution in [0.3, 0.4) is 0 Å². The molecule has 4 aromatic rings. The van der Waals surface area contributed by atoms with Gasteiger partial charge >= 0.3 is 0 Å². The van der Waals surface area contributed by atoms with Crippen LogP contribution in [0, 0.1) is 5.92 Å². The molecule has 1 aliphatic rings. The number of piperidine rings is 1. The van der Waals surface area contributed by atoms with E-state index in [1.807, 2.05) is 55.7 Å². The zero-order valence-electron chi connectivity index (χ0n) is 20.8. The molecule has 8 nitrogen and oxygen atoms in total. The number of hydrogen-bond donors (Lipinski definition) is 0. The minimum atomic E-state index is -2.10. The standard InChI is InChI=1S/C27H29N5O3S2/c1-17(2)22-14-28-26(29-15-22)32-12-10-20(11-13-32)18(3)35-27-31-24-9-8-23(30-25(24)36-27)21-6-4-19(5-7-21)16-37(33)34/h4-9,14-15,18,20H,1,10-13,16H2,2-3H3,(H,33,34)/p-1. The summed E-state index contributed by atoms with van der Waals surface area (Å²) in [6, 6.07) is 11.3. The van der Waals surface area contributed by atoms with Crippen molar-refractivity contribution in [3.63, 3.8) is 0 Å². The van der Waals surface area contributed by atoms with Gasteiger partial charge in [-0.2, -0.15) is 0 Å². The highest BCUT2D eigenvalue weighted by atomic mass is 32.2. The van der Waals surface area contributed by atoms with E-state index in [1.165, 1.54) is 11.3 Å². The fourth-order valence-electron chi connectivity index (χ4n) is 4.45.